The van der Waals surface area contributed by atoms with Gasteiger partial charge in [-0.15, -0.1) is 10.2 Å². The topological polar surface area (TPSA) is 136 Å². The molecule has 3 aromatic rings. The van der Waals surface area contributed by atoms with E-state index >= 15 is 0 Å². The van der Waals surface area contributed by atoms with Crippen molar-refractivity contribution in [1.82, 2.24) is 25.4 Å². The van der Waals surface area contributed by atoms with E-state index in [2.05, 4.69) is 30.7 Å². The van der Waals surface area contributed by atoms with Crippen molar-refractivity contribution in [3.05, 3.63) is 60.3 Å². The molecule has 0 spiro atoms. The Hall–Kier alpha value is -4.45. The number of nitrogens with one attached hydrogen (secondary N) is 2. The first-order valence-corrected chi connectivity index (χ1v) is 13.8. The smallest absolute Gasteiger partial charge is 0.324 e. The summed E-state index contributed by atoms with van der Waals surface area (Å²) in [6.45, 7) is 6.50. The molecular weight excluding hydrogens is 508 g/mol. The second-order valence-electron chi connectivity index (χ2n) is 10.3. The average molecular weight is 543 g/mol. The first-order chi connectivity index (χ1) is 19.6. The highest BCUT2D eigenvalue weighted by molar-refractivity contribution is 5.96. The lowest BCUT2D eigenvalue weighted by Gasteiger charge is -2.37. The highest BCUT2D eigenvalue weighted by Gasteiger charge is 2.37. The van der Waals surface area contributed by atoms with E-state index in [1.807, 2.05) is 69.3 Å². The number of urea groups is 1. The summed E-state index contributed by atoms with van der Waals surface area (Å²) in [7, 11) is 0. The van der Waals surface area contributed by atoms with Crippen LogP contribution < -0.4 is 31.1 Å². The van der Waals surface area contributed by atoms with E-state index in [0.717, 1.165) is 62.6 Å². The van der Waals surface area contributed by atoms with Crippen molar-refractivity contribution < 1.29 is 9.59 Å². The standard InChI is InChI=1S/C28H34N10O2/c29-25(39)24-26(31-20-8-10-21(11-9-20)35-15-12-30-13-16-35)32-27(34-33-24)36-14-4-7-23(19-36)38-18-17-37(28(38)40)22-5-2-1-3-6-22/h1-3,5-6,8-11,23,30H,4,7,12-19H2,(H2,29,39)(H,31,32,34). The molecule has 3 aliphatic rings. The van der Waals surface area contributed by atoms with E-state index in [9.17, 15) is 9.59 Å². The molecule has 4 N–H and O–H groups in total. The zero-order valence-electron chi connectivity index (χ0n) is 22.4. The molecule has 208 valence electrons. The molecule has 1 unspecified atom stereocenters. The van der Waals surface area contributed by atoms with Gasteiger partial charge in [-0.2, -0.15) is 4.98 Å². The summed E-state index contributed by atoms with van der Waals surface area (Å²) in [5, 5.41) is 15.0. The number of piperazine rings is 1. The highest BCUT2D eigenvalue weighted by atomic mass is 16.2. The van der Waals surface area contributed by atoms with E-state index in [0.29, 0.717) is 25.6 Å². The third-order valence-corrected chi connectivity index (χ3v) is 7.75. The summed E-state index contributed by atoms with van der Waals surface area (Å²) < 4.78 is 0. The van der Waals surface area contributed by atoms with Gasteiger partial charge >= 0.3 is 6.03 Å². The monoisotopic (exact) mass is 542 g/mol. The predicted molar refractivity (Wildman–Crippen MR) is 154 cm³/mol. The second-order valence-corrected chi connectivity index (χ2v) is 10.3. The van der Waals surface area contributed by atoms with Gasteiger partial charge in [0.1, 0.15) is 0 Å². The lowest BCUT2D eigenvalue weighted by molar-refractivity contribution is 0.0995. The third kappa shape index (κ3) is 5.34. The fourth-order valence-electron chi connectivity index (χ4n) is 5.65. The summed E-state index contributed by atoms with van der Waals surface area (Å²) in [6, 6.07) is 17.8. The predicted octanol–water partition coefficient (Wildman–Crippen LogP) is 2.03. The number of primary amides is 1. The summed E-state index contributed by atoms with van der Waals surface area (Å²) in [5.74, 6) is -0.0325. The molecule has 0 bridgehead atoms. The molecule has 12 heteroatoms. The van der Waals surface area contributed by atoms with Gasteiger partial charge in [0, 0.05) is 69.4 Å². The van der Waals surface area contributed by atoms with Crippen molar-refractivity contribution in [2.45, 2.75) is 18.9 Å². The number of nitrogens with zero attached hydrogens (tertiary/aromatic N) is 7. The number of rotatable bonds is 7. The van der Waals surface area contributed by atoms with Crippen LogP contribution in [-0.2, 0) is 0 Å². The Kier molecular flexibility index (Phi) is 7.32. The quantitative estimate of drug-likeness (QED) is 0.410. The van der Waals surface area contributed by atoms with Crippen molar-refractivity contribution in [3.63, 3.8) is 0 Å². The van der Waals surface area contributed by atoms with Gasteiger partial charge in [0.05, 0.1) is 6.04 Å². The first kappa shape index (κ1) is 25.8. The van der Waals surface area contributed by atoms with Crippen LogP contribution in [0, 0.1) is 0 Å². The summed E-state index contributed by atoms with van der Waals surface area (Å²) in [4.78, 5) is 38.2. The summed E-state index contributed by atoms with van der Waals surface area (Å²) in [5.41, 5.74) is 8.41. The molecule has 1 aromatic heterocycles. The Morgan fingerprint density at radius 2 is 1.68 bits per heavy atom. The zero-order valence-corrected chi connectivity index (χ0v) is 22.4. The van der Waals surface area contributed by atoms with Crippen LogP contribution in [0.1, 0.15) is 23.3 Å². The van der Waals surface area contributed by atoms with Crippen molar-refractivity contribution in [1.29, 1.82) is 0 Å². The van der Waals surface area contributed by atoms with E-state index in [1.54, 1.807) is 0 Å². The van der Waals surface area contributed by atoms with Gasteiger partial charge in [-0.1, -0.05) is 18.2 Å². The molecule has 12 nitrogen and oxygen atoms in total. The van der Waals surface area contributed by atoms with Crippen LogP contribution in [0.5, 0.6) is 0 Å². The minimum Gasteiger partial charge on any atom is -0.369 e. The van der Waals surface area contributed by atoms with Crippen molar-refractivity contribution in [2.75, 3.05) is 72.4 Å². The number of carbonyl (C=O) groups excluding carboxylic acids is 2. The number of hydrogen-bond donors (Lipinski definition) is 3. The van der Waals surface area contributed by atoms with Crippen molar-refractivity contribution in [2.24, 2.45) is 5.73 Å². The van der Waals surface area contributed by atoms with E-state index in [1.165, 1.54) is 0 Å². The number of piperidine rings is 1. The van der Waals surface area contributed by atoms with Crippen LogP contribution in [0.15, 0.2) is 54.6 Å². The minimum atomic E-state index is -0.702. The first-order valence-electron chi connectivity index (χ1n) is 13.8. The van der Waals surface area contributed by atoms with Crippen LogP contribution in [0.25, 0.3) is 0 Å². The lowest BCUT2D eigenvalue weighted by Crippen LogP contribution is -2.50. The molecule has 40 heavy (non-hydrogen) atoms. The van der Waals surface area contributed by atoms with Crippen LogP contribution in [0.2, 0.25) is 0 Å². The van der Waals surface area contributed by atoms with Crippen LogP contribution in [0.4, 0.5) is 33.6 Å². The van der Waals surface area contributed by atoms with Gasteiger partial charge in [0.2, 0.25) is 5.95 Å². The maximum atomic E-state index is 13.3. The second kappa shape index (κ2) is 11.3. The fourth-order valence-corrected chi connectivity index (χ4v) is 5.65. The van der Waals surface area contributed by atoms with Crippen molar-refractivity contribution >= 4 is 40.8 Å². The van der Waals surface area contributed by atoms with Gasteiger partial charge in [0.25, 0.3) is 5.91 Å². The van der Waals surface area contributed by atoms with Crippen LogP contribution in [0.3, 0.4) is 0 Å². The van der Waals surface area contributed by atoms with Crippen molar-refractivity contribution in [3.8, 4) is 0 Å². The normalized spacial score (nSPS) is 19.7. The maximum Gasteiger partial charge on any atom is 0.324 e. The minimum absolute atomic E-state index is 0.0169. The number of hydrogen-bond acceptors (Lipinski definition) is 9. The number of aromatic nitrogens is 3. The van der Waals surface area contributed by atoms with E-state index < -0.39 is 5.91 Å². The molecule has 0 saturated carbocycles. The van der Waals surface area contributed by atoms with Gasteiger partial charge in [0.15, 0.2) is 11.5 Å². The molecule has 6 rings (SSSR count). The van der Waals surface area contributed by atoms with Gasteiger partial charge < -0.3 is 31.1 Å². The Morgan fingerprint density at radius 1 is 0.900 bits per heavy atom. The number of nitrogens with two attached hydrogens (primary N) is 1. The van der Waals surface area contributed by atoms with Gasteiger partial charge in [-0.25, -0.2) is 4.79 Å². The third-order valence-electron chi connectivity index (χ3n) is 7.75. The molecular formula is C28H34N10O2. The summed E-state index contributed by atoms with van der Waals surface area (Å²) in [6.07, 6.45) is 1.79. The molecule has 3 fully saturated rings. The SMILES string of the molecule is NC(=O)c1nnc(N2CCCC(N3CCN(c4ccccc4)C3=O)C2)nc1Nc1ccc(N2CCNCC2)cc1. The molecule has 0 radical (unpaired) electrons. The number of amides is 3. The Bertz CT molecular complexity index is 1350. The molecule has 3 amide bonds. The van der Waals surface area contributed by atoms with Gasteiger partial charge in [-0.3, -0.25) is 9.69 Å². The zero-order chi connectivity index (χ0) is 27.5. The Balaban J connectivity index is 1.17. The molecule has 2 aromatic carbocycles. The number of anilines is 5. The maximum absolute atomic E-state index is 13.3. The molecule has 3 saturated heterocycles. The molecule has 0 aliphatic carbocycles. The number of carbonyl (C=O) groups is 2. The Labute approximate surface area is 233 Å². The van der Waals surface area contributed by atoms with Gasteiger partial charge in [-0.05, 0) is 49.2 Å². The highest BCUT2D eigenvalue weighted by Crippen LogP contribution is 2.28. The lowest BCUT2D eigenvalue weighted by atomic mass is 10.0. The molecule has 3 aliphatic heterocycles. The number of para-hydroxylation sites is 1. The van der Waals surface area contributed by atoms with E-state index in [4.69, 9.17) is 5.73 Å². The van der Waals surface area contributed by atoms with E-state index in [-0.39, 0.29) is 23.6 Å². The molecule has 4 heterocycles. The largest absolute Gasteiger partial charge is 0.369 e. The fraction of sp³-hybridized carbons (Fsp3) is 0.393. The summed E-state index contributed by atoms with van der Waals surface area (Å²) >= 11 is 0. The Morgan fingerprint density at radius 3 is 2.42 bits per heavy atom. The van der Waals surface area contributed by atoms with Crippen LogP contribution in [-0.4, -0.2) is 90.4 Å². The van der Waals surface area contributed by atoms with Crippen LogP contribution >= 0.6 is 0 Å². The number of benzene rings is 2. The average Bonchev–Trinajstić information content (AvgIpc) is 3.39. The molecule has 1 atom stereocenters.